The molecule has 0 aliphatic carbocycles. The number of rotatable bonds is 4. The van der Waals surface area contributed by atoms with Gasteiger partial charge in [0.05, 0.1) is 10.0 Å². The molecular formula is C22H32Cl2N4O2. The van der Waals surface area contributed by atoms with Crippen LogP contribution in [0.25, 0.3) is 0 Å². The molecule has 6 nitrogen and oxygen atoms in total. The van der Waals surface area contributed by atoms with Gasteiger partial charge in [0.25, 0.3) is 0 Å². The van der Waals surface area contributed by atoms with Crippen molar-refractivity contribution in [1.29, 1.82) is 0 Å². The highest BCUT2D eigenvalue weighted by molar-refractivity contribution is 6.42. The van der Waals surface area contributed by atoms with E-state index in [-0.39, 0.29) is 6.03 Å². The largest absolute Gasteiger partial charge is 0.381 e. The molecule has 2 amide bonds. The van der Waals surface area contributed by atoms with Crippen molar-refractivity contribution in [3.05, 3.63) is 28.2 Å². The summed E-state index contributed by atoms with van der Waals surface area (Å²) < 4.78 is 5.53. The highest BCUT2D eigenvalue weighted by atomic mass is 35.5. The zero-order valence-corrected chi connectivity index (χ0v) is 19.0. The summed E-state index contributed by atoms with van der Waals surface area (Å²) in [5.74, 6) is 0.734. The van der Waals surface area contributed by atoms with Gasteiger partial charge < -0.3 is 15.0 Å². The summed E-state index contributed by atoms with van der Waals surface area (Å²) in [7, 11) is 0. The maximum atomic E-state index is 12.6. The van der Waals surface area contributed by atoms with Gasteiger partial charge in [-0.15, -0.1) is 0 Å². The summed E-state index contributed by atoms with van der Waals surface area (Å²) in [6, 6.07) is 5.80. The van der Waals surface area contributed by atoms with E-state index in [2.05, 4.69) is 15.1 Å². The van der Waals surface area contributed by atoms with E-state index in [0.717, 1.165) is 51.9 Å². The molecule has 0 spiro atoms. The number of ether oxygens (including phenoxy) is 1. The predicted octanol–water partition coefficient (Wildman–Crippen LogP) is 4.03. The van der Waals surface area contributed by atoms with E-state index in [9.17, 15) is 4.79 Å². The van der Waals surface area contributed by atoms with Crippen LogP contribution < -0.4 is 5.32 Å². The monoisotopic (exact) mass is 454 g/mol. The summed E-state index contributed by atoms with van der Waals surface area (Å²) in [5, 5.41) is 3.86. The number of urea groups is 1. The van der Waals surface area contributed by atoms with E-state index in [4.69, 9.17) is 27.9 Å². The molecule has 30 heavy (non-hydrogen) atoms. The Morgan fingerprint density at radius 3 is 2.53 bits per heavy atom. The quantitative estimate of drug-likeness (QED) is 0.745. The number of anilines is 1. The third-order valence-corrected chi connectivity index (χ3v) is 7.34. The summed E-state index contributed by atoms with van der Waals surface area (Å²) in [4.78, 5) is 19.7. The van der Waals surface area contributed by atoms with Crippen molar-refractivity contribution in [1.82, 2.24) is 14.7 Å². The van der Waals surface area contributed by atoms with Gasteiger partial charge in [-0.05, 0) is 56.3 Å². The molecule has 0 saturated carbocycles. The Morgan fingerprint density at radius 2 is 1.80 bits per heavy atom. The molecule has 8 heteroatoms. The molecule has 3 saturated heterocycles. The van der Waals surface area contributed by atoms with Crippen molar-refractivity contribution in [2.45, 2.75) is 31.7 Å². The number of likely N-dealkylation sites (tertiary alicyclic amines) is 1. The van der Waals surface area contributed by atoms with E-state index in [1.54, 1.807) is 18.2 Å². The molecule has 3 fully saturated rings. The first-order chi connectivity index (χ1) is 14.6. The SMILES string of the molecule is O=C(Nc1ccc(Cl)c(Cl)c1)N1CCN(C[C@@H]2CCCN(C3CCOCC3)C2)CC1. The number of nitrogens with one attached hydrogen (secondary N) is 1. The van der Waals surface area contributed by atoms with Gasteiger partial charge in [0.15, 0.2) is 0 Å². The Bertz CT molecular complexity index is 721. The normalized spacial score (nSPS) is 24.7. The van der Waals surface area contributed by atoms with Crippen LogP contribution in [-0.4, -0.2) is 85.8 Å². The summed E-state index contributed by atoms with van der Waals surface area (Å²) in [6.07, 6.45) is 4.98. The van der Waals surface area contributed by atoms with Crippen molar-refractivity contribution in [3.63, 3.8) is 0 Å². The van der Waals surface area contributed by atoms with Crippen molar-refractivity contribution in [2.75, 3.05) is 64.3 Å². The third kappa shape index (κ3) is 5.80. The zero-order valence-electron chi connectivity index (χ0n) is 17.5. The highest BCUT2D eigenvalue weighted by Crippen LogP contribution is 2.26. The number of hydrogen-bond donors (Lipinski definition) is 1. The number of benzene rings is 1. The molecule has 166 valence electrons. The maximum Gasteiger partial charge on any atom is 0.321 e. The van der Waals surface area contributed by atoms with Gasteiger partial charge in [0.2, 0.25) is 0 Å². The minimum Gasteiger partial charge on any atom is -0.381 e. The second-order valence-electron chi connectivity index (χ2n) is 8.69. The molecule has 3 aliphatic heterocycles. The van der Waals surface area contributed by atoms with Gasteiger partial charge in [-0.1, -0.05) is 23.2 Å². The predicted molar refractivity (Wildman–Crippen MR) is 122 cm³/mol. The lowest BCUT2D eigenvalue weighted by atomic mass is 9.94. The Kier molecular flexibility index (Phi) is 7.76. The molecule has 0 unspecified atom stereocenters. The highest BCUT2D eigenvalue weighted by Gasteiger charge is 2.29. The minimum atomic E-state index is -0.0728. The number of hydrogen-bond acceptors (Lipinski definition) is 4. The molecule has 1 aromatic rings. The fourth-order valence-corrected chi connectivity index (χ4v) is 5.20. The van der Waals surface area contributed by atoms with Crippen LogP contribution in [0.4, 0.5) is 10.5 Å². The molecule has 1 atom stereocenters. The first-order valence-corrected chi connectivity index (χ1v) is 11.9. The van der Waals surface area contributed by atoms with Gasteiger partial charge in [0.1, 0.15) is 0 Å². The van der Waals surface area contributed by atoms with E-state index < -0.39 is 0 Å². The van der Waals surface area contributed by atoms with Crippen LogP contribution in [0.15, 0.2) is 18.2 Å². The molecule has 3 heterocycles. The van der Waals surface area contributed by atoms with Gasteiger partial charge in [-0.2, -0.15) is 0 Å². The average Bonchev–Trinajstić information content (AvgIpc) is 2.77. The topological polar surface area (TPSA) is 48.1 Å². The van der Waals surface area contributed by atoms with Gasteiger partial charge in [-0.25, -0.2) is 4.79 Å². The molecule has 1 aromatic carbocycles. The molecule has 4 rings (SSSR count). The van der Waals surface area contributed by atoms with E-state index in [1.807, 2.05) is 4.90 Å². The number of carbonyl (C=O) groups excluding carboxylic acids is 1. The Morgan fingerprint density at radius 1 is 1.03 bits per heavy atom. The van der Waals surface area contributed by atoms with Gasteiger partial charge in [0, 0.05) is 64.2 Å². The minimum absolute atomic E-state index is 0.0728. The fraction of sp³-hybridized carbons (Fsp3) is 0.682. The van der Waals surface area contributed by atoms with Crippen LogP contribution >= 0.6 is 23.2 Å². The van der Waals surface area contributed by atoms with E-state index in [0.29, 0.717) is 21.8 Å². The van der Waals surface area contributed by atoms with Crippen molar-refractivity contribution < 1.29 is 9.53 Å². The van der Waals surface area contributed by atoms with Crippen molar-refractivity contribution >= 4 is 34.9 Å². The number of nitrogens with zero attached hydrogens (tertiary/aromatic N) is 3. The van der Waals surface area contributed by atoms with Gasteiger partial charge >= 0.3 is 6.03 Å². The number of halogens is 2. The molecular weight excluding hydrogens is 423 g/mol. The fourth-order valence-electron chi connectivity index (χ4n) is 4.90. The van der Waals surface area contributed by atoms with Gasteiger partial charge in [-0.3, -0.25) is 9.80 Å². The number of piperidine rings is 1. The summed E-state index contributed by atoms with van der Waals surface area (Å²) in [5.41, 5.74) is 0.673. The second-order valence-corrected chi connectivity index (χ2v) is 9.51. The molecule has 1 N–H and O–H groups in total. The van der Waals surface area contributed by atoms with Crippen molar-refractivity contribution in [2.24, 2.45) is 5.92 Å². The lowest BCUT2D eigenvalue weighted by Gasteiger charge is -2.42. The maximum absolute atomic E-state index is 12.6. The summed E-state index contributed by atoms with van der Waals surface area (Å²) in [6.45, 7) is 8.79. The zero-order chi connectivity index (χ0) is 20.9. The van der Waals surface area contributed by atoms with Crippen molar-refractivity contribution in [3.8, 4) is 0 Å². The lowest BCUT2D eigenvalue weighted by Crippen LogP contribution is -2.53. The number of piperazine rings is 1. The molecule has 3 aliphatic rings. The number of amides is 2. The van der Waals surface area contributed by atoms with Crippen LogP contribution in [-0.2, 0) is 4.74 Å². The van der Waals surface area contributed by atoms with Crippen LogP contribution in [0, 0.1) is 5.92 Å². The lowest BCUT2D eigenvalue weighted by molar-refractivity contribution is 0.0120. The standard InChI is InChI=1S/C22H32Cl2N4O2/c23-20-4-3-18(14-21(20)24)25-22(29)27-10-8-26(9-11-27)15-17-2-1-7-28(16-17)19-5-12-30-13-6-19/h3-4,14,17,19H,1-2,5-13,15-16H2,(H,25,29)/t17-/m0/s1. The smallest absolute Gasteiger partial charge is 0.321 e. The third-order valence-electron chi connectivity index (χ3n) is 6.60. The first-order valence-electron chi connectivity index (χ1n) is 11.1. The van der Waals surface area contributed by atoms with Crippen LogP contribution in [0.3, 0.4) is 0 Å². The van der Waals surface area contributed by atoms with Crippen LogP contribution in [0.2, 0.25) is 10.0 Å². The molecule has 0 radical (unpaired) electrons. The van der Waals surface area contributed by atoms with Crippen LogP contribution in [0.5, 0.6) is 0 Å². The molecule has 0 aromatic heterocycles. The first kappa shape index (κ1) is 22.2. The number of carbonyl (C=O) groups is 1. The van der Waals surface area contributed by atoms with Crippen LogP contribution in [0.1, 0.15) is 25.7 Å². The van der Waals surface area contributed by atoms with E-state index >= 15 is 0 Å². The second kappa shape index (κ2) is 10.5. The Hall–Kier alpha value is -1.05. The summed E-state index contributed by atoms with van der Waals surface area (Å²) >= 11 is 12.0. The average molecular weight is 455 g/mol. The van der Waals surface area contributed by atoms with E-state index in [1.165, 1.54) is 38.8 Å². The Labute approximate surface area is 189 Å². The molecule has 0 bridgehead atoms. The Balaban J connectivity index is 1.21.